The molecule has 42 nitrogen and oxygen atoms in total. The molecule has 0 saturated heterocycles. The monoisotopic (exact) mass is 1870 g/mol. The van der Waals surface area contributed by atoms with Crippen LogP contribution in [0.2, 0.25) is 0 Å². The Balaban J connectivity index is -0.0000000918. The summed E-state index contributed by atoms with van der Waals surface area (Å²) in [5, 5.41) is 61.0. The number of ether oxygens (including phenoxy) is 2. The van der Waals surface area contributed by atoms with Gasteiger partial charge in [-0.2, -0.15) is 0 Å². The van der Waals surface area contributed by atoms with Gasteiger partial charge < -0.3 is 226 Å². The van der Waals surface area contributed by atoms with Crippen molar-refractivity contribution in [2.24, 2.45) is 132 Å². The lowest BCUT2D eigenvalue weighted by atomic mass is 10.1. The molecule has 0 rings (SSSR count). The highest BCUT2D eigenvalue weighted by molar-refractivity contribution is 4.61. The molecule has 0 aliphatic carbocycles. The largest absolute Gasteiger partial charge is 0.395 e. The average Bonchev–Trinajstić information content (AvgIpc) is 1.03. The van der Waals surface area contributed by atoms with Gasteiger partial charge in [-0.3, -0.25) is 4.90 Å². The predicted molar refractivity (Wildman–Crippen MR) is 565 cm³/mol. The van der Waals surface area contributed by atoms with Crippen LogP contribution in [-0.4, -0.2) is 410 Å². The van der Waals surface area contributed by atoms with Gasteiger partial charge in [-0.1, -0.05) is 58.3 Å². The van der Waals surface area contributed by atoms with Crippen molar-refractivity contribution in [3.63, 3.8) is 0 Å². The second-order valence-corrected chi connectivity index (χ2v) is 28.9. The highest BCUT2D eigenvalue weighted by atomic mass is 16.5. The summed E-state index contributed by atoms with van der Waals surface area (Å²) in [6.45, 7) is 46.9. The number of hydrogen-bond acceptors (Lipinski definition) is 42. The number of nitrogens with two attached hydrogens (primary N) is 23. The van der Waals surface area contributed by atoms with Crippen LogP contribution in [0.25, 0.3) is 0 Å². The summed E-state index contributed by atoms with van der Waals surface area (Å²) in [5.74, 6) is 0. The molecule has 0 aromatic heterocycles. The fourth-order valence-electron chi connectivity index (χ4n) is 9.01. The Hall–Kier alpha value is -1.68. The van der Waals surface area contributed by atoms with E-state index in [9.17, 15) is 0 Å². The van der Waals surface area contributed by atoms with E-state index in [1.165, 1.54) is 109 Å². The Morgan fingerprint density at radius 2 is 0.422 bits per heavy atom. The molecule has 0 radical (unpaired) electrons. The molecular weight excluding hydrogens is 1630 g/mol. The van der Waals surface area contributed by atoms with Crippen LogP contribution >= 0.6 is 0 Å². The highest BCUT2D eigenvalue weighted by Gasteiger charge is 2.00. The van der Waals surface area contributed by atoms with Gasteiger partial charge in [0.1, 0.15) is 0 Å². The van der Waals surface area contributed by atoms with E-state index < -0.39 is 0 Å². The fourth-order valence-corrected chi connectivity index (χ4v) is 9.01. The van der Waals surface area contributed by atoms with Crippen LogP contribution in [0.4, 0.5) is 0 Å². The Morgan fingerprint density at radius 1 is 0.203 bits per heavy atom. The normalized spacial score (nSPS) is 10.3. The van der Waals surface area contributed by atoms with Crippen molar-refractivity contribution in [3.8, 4) is 0 Å². The first-order valence-corrected chi connectivity index (χ1v) is 49.6. The molecule has 1 atom stereocenters. The van der Waals surface area contributed by atoms with Crippen LogP contribution in [-0.2, 0) is 9.47 Å². The second kappa shape index (κ2) is 192. The summed E-state index contributed by atoms with van der Waals surface area (Å²) in [5.41, 5.74) is 121. The van der Waals surface area contributed by atoms with Crippen LogP contribution in [0, 0.1) is 0 Å². The number of rotatable bonds is 84. The van der Waals surface area contributed by atoms with Gasteiger partial charge >= 0.3 is 0 Å². The Bertz CT molecular complexity index is 1310. The molecule has 796 valence electrons. The van der Waals surface area contributed by atoms with Gasteiger partial charge in [-0.15, -0.1) is 0 Å². The number of nitrogens with one attached hydrogen (secondary N) is 14. The standard InChI is InChI=1S/C10H26N4.C9H24N4.2C8H20N2.2C6H18N4.C6H17N3.2C6H16N2O2.C6H16N2.C5H14N2.C4H13N3.C4H12N2.C2H8N2/c11-5-3-9-13-7-1-2-8-14-10-4-6-12;10-4-1-6-12-8-3-9-13-7-2-5-11;1-9-7-5-3-4-6-8-10-2;9-7-5-3-1-2-4-6-8-10;7-1-4-10(5-2-8)6-3-9;7-1-3-9-5-6-10-4-2-8;7-3-1-5-9-6-2-4-8;7-1-3-9-5-6-10-4-2-8;9-5-3-7-1-2-8-4-6-10;7-5-3-1-2-4-6-8;1-2-5(7)3-4-6;5-1-3-7-4-2-6;1-5-3-4-6-2;3-1-2-4/h13-14H,1-12H2;12-13H,1-11H2;9-10H,3-8H2,1-2H3;1-10H2;1-9H2;9-10H,1-8H2;9H,1-8H2;1-8H2;7-10H,1-6H2;1-8H2;5H,2-4,6-7H2,1H3;7H,1-6H2;5-6H,3-4H2,1-2H3;1-4H2. The number of hydrogen-bond donors (Lipinski definition) is 39. The quantitative estimate of drug-likeness (QED) is 0.0252. The molecule has 0 fully saturated rings. The predicted octanol–water partition coefficient (Wildman–Crippen LogP) is -8.91. The maximum atomic E-state index is 8.35. The molecule has 0 aliphatic heterocycles. The zero-order valence-corrected chi connectivity index (χ0v) is 84.6. The van der Waals surface area contributed by atoms with E-state index in [2.05, 4.69) is 86.3 Å². The van der Waals surface area contributed by atoms with Gasteiger partial charge in [0.2, 0.25) is 0 Å². The lowest BCUT2D eigenvalue weighted by Crippen LogP contribution is -2.37. The van der Waals surface area contributed by atoms with Gasteiger partial charge in [-0.25, -0.2) is 0 Å². The topological polar surface area (TPSA) is 829 Å². The van der Waals surface area contributed by atoms with Crippen molar-refractivity contribution in [2.75, 3.05) is 389 Å². The number of aliphatic hydroxyl groups excluding tert-OH is 2. The smallest absolute Gasteiger partial charge is 0.0701 e. The highest BCUT2D eigenvalue weighted by Crippen LogP contribution is 2.03. The summed E-state index contributed by atoms with van der Waals surface area (Å²) < 4.78 is 10.1. The first-order valence-electron chi connectivity index (χ1n) is 49.6. The van der Waals surface area contributed by atoms with E-state index in [-0.39, 0.29) is 13.2 Å². The van der Waals surface area contributed by atoms with Crippen molar-refractivity contribution in [1.29, 1.82) is 0 Å². The Kier molecular flexibility index (Phi) is 236. The van der Waals surface area contributed by atoms with Crippen LogP contribution in [0.15, 0.2) is 0 Å². The lowest BCUT2D eigenvalue weighted by molar-refractivity contribution is 0.0538. The molecule has 0 heterocycles. The molecule has 0 bridgehead atoms. The number of aliphatic hydroxyl groups is 2. The third-order valence-electron chi connectivity index (χ3n) is 16.3. The number of likely N-dealkylation sites (N-methyl/N-ethyl adjacent to an activating group) is 2. The zero-order chi connectivity index (χ0) is 99.0. The molecule has 0 saturated carbocycles. The van der Waals surface area contributed by atoms with Gasteiger partial charge in [0.15, 0.2) is 0 Å². The summed E-state index contributed by atoms with van der Waals surface area (Å²) in [4.78, 5) is 2.17. The summed E-state index contributed by atoms with van der Waals surface area (Å²) in [6, 6.07) is 0.324. The van der Waals surface area contributed by atoms with Crippen molar-refractivity contribution in [1.82, 2.24) is 79.3 Å². The van der Waals surface area contributed by atoms with Crippen LogP contribution in [0.3, 0.4) is 0 Å². The first kappa shape index (κ1) is 157. The average molecular weight is 1870 g/mol. The van der Waals surface area contributed by atoms with E-state index in [1.807, 2.05) is 28.2 Å². The minimum Gasteiger partial charge on any atom is -0.395 e. The third-order valence-corrected chi connectivity index (χ3v) is 16.3. The molecule has 1 unspecified atom stereocenters. The zero-order valence-electron chi connectivity index (χ0n) is 84.6. The van der Waals surface area contributed by atoms with Gasteiger partial charge in [0.25, 0.3) is 0 Å². The van der Waals surface area contributed by atoms with Crippen molar-refractivity contribution < 1.29 is 19.7 Å². The van der Waals surface area contributed by atoms with Crippen molar-refractivity contribution in [3.05, 3.63) is 0 Å². The van der Waals surface area contributed by atoms with E-state index in [1.54, 1.807) is 0 Å². The van der Waals surface area contributed by atoms with Gasteiger partial charge in [-0.05, 0) is 288 Å². The Labute approximate surface area is 789 Å². The minimum atomic E-state index is 0.181. The number of nitrogens with zero attached hydrogens (tertiary/aromatic N) is 1. The molecule has 0 aliphatic rings. The molecule has 0 aromatic rings. The second-order valence-electron chi connectivity index (χ2n) is 28.9. The van der Waals surface area contributed by atoms with E-state index in [0.717, 1.165) is 287 Å². The molecule has 0 spiro atoms. The maximum Gasteiger partial charge on any atom is 0.0701 e. The first-order chi connectivity index (χ1) is 62.6. The Morgan fingerprint density at radius 3 is 0.625 bits per heavy atom. The minimum absolute atomic E-state index is 0.181. The van der Waals surface area contributed by atoms with Crippen LogP contribution in [0.5, 0.6) is 0 Å². The summed E-state index contributed by atoms with van der Waals surface area (Å²) in [6.07, 6.45) is 29.8. The number of unbranched alkanes of at least 4 members (excludes halogenated alkanes) is 12. The maximum absolute atomic E-state index is 8.35. The van der Waals surface area contributed by atoms with E-state index in [0.29, 0.717) is 118 Å². The third kappa shape index (κ3) is 248. The van der Waals surface area contributed by atoms with Gasteiger partial charge in [0.05, 0.1) is 39.6 Å². The van der Waals surface area contributed by atoms with Gasteiger partial charge in [0, 0.05) is 176 Å². The molecule has 0 amide bonds. The van der Waals surface area contributed by atoms with Crippen LogP contribution in [0.1, 0.15) is 167 Å². The van der Waals surface area contributed by atoms with Crippen LogP contribution < -0.4 is 206 Å². The summed E-state index contributed by atoms with van der Waals surface area (Å²) >= 11 is 0. The lowest BCUT2D eigenvalue weighted by Gasteiger charge is -2.18. The molecule has 0 aromatic carbocycles. The van der Waals surface area contributed by atoms with E-state index >= 15 is 0 Å². The fraction of sp³-hybridized carbons (Fsp3) is 1.00. The molecular formula is C86H238N38O4. The summed E-state index contributed by atoms with van der Waals surface area (Å²) in [7, 11) is 7.90. The molecule has 128 heavy (non-hydrogen) atoms. The SMILES string of the molecule is CCC(N)CCN.CNCCCCCCNC.CNCCNC.NCCCCCCCCN.NCCCCCCN.NCCCNCCCCNCCCN.NCCCNCCCN.NCCCNCCCNCCCN.NCCN.NCCN(CCN)CCN.NCCNCCN.NCCNCCNCCN.NCCOCCOCCN.OCCNCCNCCO. The molecule has 62 N–H and O–H groups in total. The van der Waals surface area contributed by atoms with Crippen molar-refractivity contribution >= 4 is 0 Å². The molecule has 42 heteroatoms. The van der Waals surface area contributed by atoms with Crippen molar-refractivity contribution in [2.45, 2.75) is 173 Å². The van der Waals surface area contributed by atoms with E-state index in [4.69, 9.17) is 152 Å².